The minimum absolute atomic E-state index is 0.175. The monoisotopic (exact) mass is 416 g/mol. The van der Waals surface area contributed by atoms with Crippen LogP contribution in [-0.2, 0) is 11.8 Å². The summed E-state index contributed by atoms with van der Waals surface area (Å²) in [6.45, 7) is 3.85. The summed E-state index contributed by atoms with van der Waals surface area (Å²) in [7, 11) is 3.44. The maximum atomic E-state index is 12.7. The molecule has 1 aromatic heterocycles. The number of nitrogens with zero attached hydrogens (tertiary/aromatic N) is 3. The lowest BCUT2D eigenvalue weighted by Gasteiger charge is -2.14. The average Bonchev–Trinajstić information content (AvgIpc) is 3.02. The van der Waals surface area contributed by atoms with Crippen molar-refractivity contribution in [2.24, 2.45) is 7.05 Å². The van der Waals surface area contributed by atoms with Gasteiger partial charge >= 0.3 is 0 Å². The van der Waals surface area contributed by atoms with Crippen molar-refractivity contribution in [3.63, 3.8) is 0 Å². The molecule has 1 N–H and O–H groups in total. The van der Waals surface area contributed by atoms with E-state index in [-0.39, 0.29) is 5.91 Å². The fourth-order valence-electron chi connectivity index (χ4n) is 2.70. The third kappa shape index (κ3) is 4.31. The van der Waals surface area contributed by atoms with Gasteiger partial charge in [-0.05, 0) is 37.6 Å². The number of hydrogen-bond donors (Lipinski definition) is 1. The Labute approximate surface area is 173 Å². The van der Waals surface area contributed by atoms with E-state index < -0.39 is 5.25 Å². The number of thioether (sulfide) groups is 1. The van der Waals surface area contributed by atoms with Crippen LogP contribution in [-0.4, -0.2) is 33.0 Å². The molecule has 0 unspecified atom stereocenters. The van der Waals surface area contributed by atoms with Gasteiger partial charge in [-0.3, -0.25) is 4.79 Å². The number of anilines is 1. The van der Waals surface area contributed by atoms with E-state index in [4.69, 9.17) is 16.3 Å². The van der Waals surface area contributed by atoms with E-state index in [1.165, 1.54) is 11.8 Å². The van der Waals surface area contributed by atoms with Gasteiger partial charge in [-0.2, -0.15) is 0 Å². The Hall–Kier alpha value is -2.51. The van der Waals surface area contributed by atoms with Crippen molar-refractivity contribution < 1.29 is 9.53 Å². The van der Waals surface area contributed by atoms with Crippen LogP contribution in [0, 0.1) is 6.92 Å². The summed E-state index contributed by atoms with van der Waals surface area (Å²) in [5.41, 5.74) is 2.67. The average molecular weight is 417 g/mol. The molecule has 6 nitrogen and oxygen atoms in total. The van der Waals surface area contributed by atoms with Crippen LogP contribution in [0.25, 0.3) is 11.4 Å². The SMILES string of the molecule is COc1ccc(Cl)cc1NC(=O)[C@H](C)Sc1nnc(-c2ccccc2C)n1C. The van der Waals surface area contributed by atoms with Crippen LogP contribution >= 0.6 is 23.4 Å². The molecule has 0 saturated carbocycles. The Morgan fingerprint density at radius 3 is 2.71 bits per heavy atom. The second-order valence-corrected chi connectivity index (χ2v) is 8.02. The number of methoxy groups -OCH3 is 1. The molecule has 0 aliphatic carbocycles. The molecule has 0 bridgehead atoms. The number of rotatable bonds is 6. The first-order chi connectivity index (χ1) is 13.4. The molecule has 0 aliphatic heterocycles. The standard InChI is InChI=1S/C20H21ClN4O2S/c1-12-7-5-6-8-15(12)18-23-24-20(25(18)3)28-13(2)19(26)22-16-11-14(21)9-10-17(16)27-4/h5-11,13H,1-4H3,(H,22,26)/t13-/m0/s1. The van der Waals surface area contributed by atoms with Crippen LogP contribution in [0.5, 0.6) is 5.75 Å². The molecular formula is C20H21ClN4O2S. The van der Waals surface area contributed by atoms with Gasteiger partial charge in [0.25, 0.3) is 0 Å². The van der Waals surface area contributed by atoms with Crippen molar-refractivity contribution in [2.45, 2.75) is 24.3 Å². The molecular weight excluding hydrogens is 396 g/mol. The first kappa shape index (κ1) is 20.2. The molecule has 1 atom stereocenters. The highest BCUT2D eigenvalue weighted by atomic mass is 35.5. The second kappa shape index (κ2) is 8.67. The first-order valence-electron chi connectivity index (χ1n) is 8.67. The minimum Gasteiger partial charge on any atom is -0.495 e. The summed E-state index contributed by atoms with van der Waals surface area (Å²) >= 11 is 7.37. The van der Waals surface area contributed by atoms with Crippen LogP contribution in [0.3, 0.4) is 0 Å². The molecule has 0 spiro atoms. The molecule has 3 aromatic rings. The minimum atomic E-state index is -0.392. The highest BCUT2D eigenvalue weighted by Gasteiger charge is 2.21. The summed E-state index contributed by atoms with van der Waals surface area (Å²) in [5.74, 6) is 1.14. The Balaban J connectivity index is 1.75. The fraction of sp³-hybridized carbons (Fsp3) is 0.250. The molecule has 0 radical (unpaired) electrons. The lowest BCUT2D eigenvalue weighted by atomic mass is 10.1. The second-order valence-electron chi connectivity index (χ2n) is 6.27. The molecule has 2 aromatic carbocycles. The Bertz CT molecular complexity index is 1010. The lowest BCUT2D eigenvalue weighted by Crippen LogP contribution is -2.23. The van der Waals surface area contributed by atoms with Crippen molar-refractivity contribution in [1.82, 2.24) is 14.8 Å². The van der Waals surface area contributed by atoms with E-state index in [1.807, 2.05) is 49.7 Å². The molecule has 0 saturated heterocycles. The Morgan fingerprint density at radius 1 is 1.25 bits per heavy atom. The van der Waals surface area contributed by atoms with E-state index >= 15 is 0 Å². The third-order valence-corrected chi connectivity index (χ3v) is 5.66. The number of aryl methyl sites for hydroxylation is 1. The van der Waals surface area contributed by atoms with Gasteiger partial charge in [-0.15, -0.1) is 10.2 Å². The summed E-state index contributed by atoms with van der Waals surface area (Å²) < 4.78 is 7.17. The number of benzene rings is 2. The summed E-state index contributed by atoms with van der Waals surface area (Å²) in [6.07, 6.45) is 0. The highest BCUT2D eigenvalue weighted by Crippen LogP contribution is 2.30. The number of carbonyl (C=O) groups excluding carboxylic acids is 1. The Morgan fingerprint density at radius 2 is 2.00 bits per heavy atom. The predicted molar refractivity (Wildman–Crippen MR) is 113 cm³/mol. The summed E-state index contributed by atoms with van der Waals surface area (Å²) in [6, 6.07) is 13.1. The summed E-state index contributed by atoms with van der Waals surface area (Å²) in [4.78, 5) is 12.7. The number of carbonyl (C=O) groups is 1. The maximum absolute atomic E-state index is 12.7. The molecule has 1 heterocycles. The number of aromatic nitrogens is 3. The van der Waals surface area contributed by atoms with Crippen LogP contribution in [0.2, 0.25) is 5.02 Å². The van der Waals surface area contributed by atoms with Crippen molar-refractivity contribution >= 4 is 35.0 Å². The normalized spacial score (nSPS) is 11.9. The smallest absolute Gasteiger partial charge is 0.237 e. The summed E-state index contributed by atoms with van der Waals surface area (Å²) in [5, 5.41) is 12.2. The Kier molecular flexibility index (Phi) is 6.26. The van der Waals surface area contributed by atoms with Gasteiger partial charge in [-0.1, -0.05) is 47.6 Å². The van der Waals surface area contributed by atoms with Gasteiger partial charge in [0.15, 0.2) is 11.0 Å². The van der Waals surface area contributed by atoms with Crippen LogP contribution < -0.4 is 10.1 Å². The predicted octanol–water partition coefficient (Wildman–Crippen LogP) is 4.57. The number of hydrogen-bond acceptors (Lipinski definition) is 5. The zero-order valence-electron chi connectivity index (χ0n) is 16.1. The zero-order valence-corrected chi connectivity index (χ0v) is 17.6. The number of amides is 1. The van der Waals surface area contributed by atoms with E-state index in [1.54, 1.807) is 25.3 Å². The van der Waals surface area contributed by atoms with Gasteiger partial charge in [0.05, 0.1) is 18.0 Å². The molecule has 8 heteroatoms. The van der Waals surface area contributed by atoms with Crippen LogP contribution in [0.4, 0.5) is 5.69 Å². The number of ether oxygens (including phenoxy) is 1. The quantitative estimate of drug-likeness (QED) is 0.596. The molecule has 28 heavy (non-hydrogen) atoms. The largest absolute Gasteiger partial charge is 0.495 e. The third-order valence-electron chi connectivity index (χ3n) is 4.29. The van der Waals surface area contributed by atoms with Gasteiger partial charge in [0, 0.05) is 17.6 Å². The van der Waals surface area contributed by atoms with Crippen molar-refractivity contribution in [2.75, 3.05) is 12.4 Å². The van der Waals surface area contributed by atoms with Crippen LogP contribution in [0.1, 0.15) is 12.5 Å². The van der Waals surface area contributed by atoms with E-state index in [2.05, 4.69) is 15.5 Å². The lowest BCUT2D eigenvalue weighted by molar-refractivity contribution is -0.115. The highest BCUT2D eigenvalue weighted by molar-refractivity contribution is 8.00. The number of nitrogens with one attached hydrogen (secondary N) is 1. The van der Waals surface area contributed by atoms with Crippen molar-refractivity contribution in [3.8, 4) is 17.1 Å². The topological polar surface area (TPSA) is 69.0 Å². The van der Waals surface area contributed by atoms with Crippen LogP contribution in [0.15, 0.2) is 47.6 Å². The van der Waals surface area contributed by atoms with Crippen molar-refractivity contribution in [3.05, 3.63) is 53.1 Å². The van der Waals surface area contributed by atoms with E-state index in [0.717, 1.165) is 17.0 Å². The fourth-order valence-corrected chi connectivity index (χ4v) is 3.69. The van der Waals surface area contributed by atoms with Gasteiger partial charge in [0.1, 0.15) is 5.75 Å². The molecule has 0 fully saturated rings. The number of halogens is 1. The molecule has 3 rings (SSSR count). The van der Waals surface area contributed by atoms with Crippen molar-refractivity contribution in [1.29, 1.82) is 0 Å². The molecule has 0 aliphatic rings. The zero-order chi connectivity index (χ0) is 20.3. The molecule has 146 valence electrons. The van der Waals surface area contributed by atoms with E-state index in [9.17, 15) is 4.79 Å². The maximum Gasteiger partial charge on any atom is 0.237 e. The van der Waals surface area contributed by atoms with E-state index in [0.29, 0.717) is 21.6 Å². The molecule has 1 amide bonds. The van der Waals surface area contributed by atoms with Gasteiger partial charge in [-0.25, -0.2) is 0 Å². The van der Waals surface area contributed by atoms with Gasteiger partial charge < -0.3 is 14.6 Å². The van der Waals surface area contributed by atoms with Gasteiger partial charge in [0.2, 0.25) is 5.91 Å². The first-order valence-corrected chi connectivity index (χ1v) is 9.93.